The molecule has 2 fully saturated rings. The minimum atomic E-state index is -4.30. The standard InChI is InChI=1S/C28H28O9S/c1-18-13-15-21(16-14-18)38(30,31)37-24-23-22(17-33-27(36-23)20-11-7-4-8-12-20)34-28(32-2)25(24)35-26(29)19-9-5-3-6-10-19/h3-16,22-25,27-28H,17H2,1-2H3/t22-,23-,24+,25-,27+,28+/m1/s1. The van der Waals surface area contributed by atoms with Crippen LogP contribution in [0.5, 0.6) is 0 Å². The summed E-state index contributed by atoms with van der Waals surface area (Å²) in [5.74, 6) is -0.687. The summed E-state index contributed by atoms with van der Waals surface area (Å²) in [5, 5.41) is 0. The van der Waals surface area contributed by atoms with Gasteiger partial charge in [0, 0.05) is 12.7 Å². The fraction of sp³-hybridized carbons (Fsp3) is 0.321. The molecule has 0 bridgehead atoms. The molecule has 0 saturated carbocycles. The van der Waals surface area contributed by atoms with Gasteiger partial charge in [-0.1, -0.05) is 66.2 Å². The third kappa shape index (κ3) is 5.65. The number of carbonyl (C=O) groups is 1. The molecule has 2 heterocycles. The quantitative estimate of drug-likeness (QED) is 0.327. The van der Waals surface area contributed by atoms with Gasteiger partial charge in [-0.15, -0.1) is 0 Å². The molecule has 9 nitrogen and oxygen atoms in total. The number of hydrogen-bond acceptors (Lipinski definition) is 9. The molecule has 5 rings (SSSR count). The van der Waals surface area contributed by atoms with Crippen molar-refractivity contribution in [2.45, 2.75) is 48.8 Å². The molecule has 0 amide bonds. The van der Waals surface area contributed by atoms with Gasteiger partial charge in [0.25, 0.3) is 10.1 Å². The number of carbonyl (C=O) groups excluding carboxylic acids is 1. The molecule has 0 aromatic heterocycles. The first-order chi connectivity index (χ1) is 18.4. The highest BCUT2D eigenvalue weighted by atomic mass is 32.2. The van der Waals surface area contributed by atoms with Crippen LogP contribution in [0.4, 0.5) is 0 Å². The van der Waals surface area contributed by atoms with Gasteiger partial charge in [0.1, 0.15) is 18.3 Å². The summed E-state index contributed by atoms with van der Waals surface area (Å²) in [6, 6.07) is 23.8. The normalized spacial score (nSPS) is 27.3. The number of ether oxygens (including phenoxy) is 5. The van der Waals surface area contributed by atoms with Gasteiger partial charge in [-0.2, -0.15) is 8.42 Å². The van der Waals surface area contributed by atoms with Crippen molar-refractivity contribution in [1.29, 1.82) is 0 Å². The molecule has 0 radical (unpaired) electrons. The highest BCUT2D eigenvalue weighted by molar-refractivity contribution is 7.86. The molecule has 2 aliphatic rings. The van der Waals surface area contributed by atoms with Crippen molar-refractivity contribution >= 4 is 16.1 Å². The van der Waals surface area contributed by atoms with Gasteiger partial charge in [-0.05, 0) is 31.2 Å². The number of fused-ring (bicyclic) bond motifs is 1. The van der Waals surface area contributed by atoms with Gasteiger partial charge < -0.3 is 23.7 Å². The Kier molecular flexibility index (Phi) is 7.89. The van der Waals surface area contributed by atoms with Crippen LogP contribution in [0.3, 0.4) is 0 Å². The van der Waals surface area contributed by atoms with E-state index in [0.29, 0.717) is 0 Å². The molecule has 0 N–H and O–H groups in total. The third-order valence-electron chi connectivity index (χ3n) is 6.39. The Labute approximate surface area is 221 Å². The zero-order valence-corrected chi connectivity index (χ0v) is 21.7. The molecule has 2 aliphatic heterocycles. The molecular weight excluding hydrogens is 512 g/mol. The van der Waals surface area contributed by atoms with Gasteiger partial charge in [0.15, 0.2) is 18.7 Å². The highest BCUT2D eigenvalue weighted by Crippen LogP contribution is 2.38. The summed E-state index contributed by atoms with van der Waals surface area (Å²) >= 11 is 0. The van der Waals surface area contributed by atoms with E-state index in [1.165, 1.54) is 19.2 Å². The van der Waals surface area contributed by atoms with Crippen molar-refractivity contribution in [3.05, 3.63) is 102 Å². The van der Waals surface area contributed by atoms with E-state index >= 15 is 0 Å². The second-order valence-electron chi connectivity index (χ2n) is 9.02. The summed E-state index contributed by atoms with van der Waals surface area (Å²) in [5.41, 5.74) is 1.90. The van der Waals surface area contributed by atoms with Crippen LogP contribution in [0.2, 0.25) is 0 Å². The molecule has 10 heteroatoms. The highest BCUT2D eigenvalue weighted by Gasteiger charge is 2.54. The molecule has 6 atom stereocenters. The van der Waals surface area contributed by atoms with Crippen LogP contribution in [-0.2, 0) is 38.0 Å². The van der Waals surface area contributed by atoms with E-state index in [0.717, 1.165) is 11.1 Å². The largest absolute Gasteiger partial charge is 0.450 e. The summed E-state index contributed by atoms with van der Waals surface area (Å²) in [6.07, 6.45) is -6.23. The van der Waals surface area contributed by atoms with E-state index in [1.807, 2.05) is 37.3 Å². The number of aryl methyl sites for hydroxylation is 1. The number of esters is 1. The van der Waals surface area contributed by atoms with E-state index in [9.17, 15) is 13.2 Å². The van der Waals surface area contributed by atoms with E-state index in [4.69, 9.17) is 27.9 Å². The lowest BCUT2D eigenvalue weighted by Gasteiger charge is -2.47. The van der Waals surface area contributed by atoms with Crippen LogP contribution in [0.25, 0.3) is 0 Å². The van der Waals surface area contributed by atoms with Gasteiger partial charge in [-0.25, -0.2) is 4.79 Å². The zero-order chi connectivity index (χ0) is 26.7. The van der Waals surface area contributed by atoms with Gasteiger partial charge >= 0.3 is 5.97 Å². The maximum Gasteiger partial charge on any atom is 0.338 e. The predicted octanol–water partition coefficient (Wildman–Crippen LogP) is 3.78. The number of methoxy groups -OCH3 is 1. The van der Waals surface area contributed by atoms with Crippen molar-refractivity contribution in [2.24, 2.45) is 0 Å². The minimum absolute atomic E-state index is 0.0417. The van der Waals surface area contributed by atoms with Crippen molar-refractivity contribution in [3.8, 4) is 0 Å². The molecule has 0 aliphatic carbocycles. The first-order valence-electron chi connectivity index (χ1n) is 12.1. The first-order valence-corrected chi connectivity index (χ1v) is 13.5. The molecule has 2 saturated heterocycles. The molecule has 3 aromatic rings. The Balaban J connectivity index is 1.50. The van der Waals surface area contributed by atoms with Crippen LogP contribution < -0.4 is 0 Å². The average Bonchev–Trinajstić information content (AvgIpc) is 2.95. The van der Waals surface area contributed by atoms with E-state index < -0.39 is 53.1 Å². The van der Waals surface area contributed by atoms with Gasteiger partial charge in [-0.3, -0.25) is 4.18 Å². The summed E-state index contributed by atoms with van der Waals surface area (Å²) in [6.45, 7) is 1.93. The Morgan fingerprint density at radius 2 is 1.53 bits per heavy atom. The van der Waals surface area contributed by atoms with Crippen LogP contribution in [0.15, 0.2) is 89.8 Å². The molecular formula is C28H28O9S. The van der Waals surface area contributed by atoms with Crippen LogP contribution >= 0.6 is 0 Å². The molecule has 3 aromatic carbocycles. The third-order valence-corrected chi connectivity index (χ3v) is 7.71. The minimum Gasteiger partial charge on any atom is -0.450 e. The van der Waals surface area contributed by atoms with Crippen molar-refractivity contribution < 1.29 is 41.1 Å². The number of benzene rings is 3. The van der Waals surface area contributed by atoms with E-state index in [-0.39, 0.29) is 17.1 Å². The summed E-state index contributed by atoms with van der Waals surface area (Å²) in [7, 11) is -2.93. The van der Waals surface area contributed by atoms with E-state index in [2.05, 4.69) is 0 Å². The Morgan fingerprint density at radius 3 is 2.18 bits per heavy atom. The van der Waals surface area contributed by atoms with Crippen molar-refractivity contribution in [1.82, 2.24) is 0 Å². The van der Waals surface area contributed by atoms with Gasteiger partial charge in [0.05, 0.1) is 17.1 Å². The molecule has 200 valence electrons. The zero-order valence-electron chi connectivity index (χ0n) is 20.8. The lowest BCUT2D eigenvalue weighted by atomic mass is 9.97. The Hall–Kier alpha value is -3.12. The second-order valence-corrected chi connectivity index (χ2v) is 10.6. The number of rotatable bonds is 7. The monoisotopic (exact) mass is 540 g/mol. The average molecular weight is 541 g/mol. The number of hydrogen-bond donors (Lipinski definition) is 0. The lowest BCUT2D eigenvalue weighted by molar-refractivity contribution is -0.353. The van der Waals surface area contributed by atoms with Crippen LogP contribution in [0.1, 0.15) is 27.8 Å². The molecule has 38 heavy (non-hydrogen) atoms. The fourth-order valence-corrected chi connectivity index (χ4v) is 5.52. The van der Waals surface area contributed by atoms with Crippen molar-refractivity contribution in [2.75, 3.05) is 13.7 Å². The maximum absolute atomic E-state index is 13.4. The van der Waals surface area contributed by atoms with E-state index in [1.54, 1.807) is 42.5 Å². The molecule has 0 unspecified atom stereocenters. The summed E-state index contributed by atoms with van der Waals surface area (Å²) < 4.78 is 62.0. The predicted molar refractivity (Wildman–Crippen MR) is 135 cm³/mol. The SMILES string of the molecule is CO[C@H]1O[C@@H]2CO[C@H](c3ccccc3)O[C@H]2[C@H](OS(=O)(=O)c2ccc(C)cc2)[C@H]1OC(=O)c1ccccc1. The first kappa shape index (κ1) is 26.5. The van der Waals surface area contributed by atoms with Crippen LogP contribution in [0, 0.1) is 6.92 Å². The smallest absolute Gasteiger partial charge is 0.338 e. The van der Waals surface area contributed by atoms with Crippen LogP contribution in [-0.4, -0.2) is 58.8 Å². The summed E-state index contributed by atoms with van der Waals surface area (Å²) in [4.78, 5) is 13.0. The Morgan fingerprint density at radius 1 is 0.868 bits per heavy atom. The maximum atomic E-state index is 13.4. The van der Waals surface area contributed by atoms with Gasteiger partial charge in [0.2, 0.25) is 0 Å². The Bertz CT molecular complexity index is 1330. The second kappa shape index (κ2) is 11.3. The molecule has 0 spiro atoms. The van der Waals surface area contributed by atoms with Crippen molar-refractivity contribution in [3.63, 3.8) is 0 Å². The lowest BCUT2D eigenvalue weighted by Crippen LogP contribution is -2.64. The fourth-order valence-electron chi connectivity index (χ4n) is 4.42. The topological polar surface area (TPSA) is 107 Å².